The zero-order valence-corrected chi connectivity index (χ0v) is 72.8. The molecule has 12 rings (SSSR count). The normalized spacial score (nSPS) is 11.2. The average Bonchev–Trinajstić information content (AvgIpc) is 1.80. The number of phenols is 5. The molecule has 12 aromatic rings. The lowest BCUT2D eigenvalue weighted by Crippen LogP contribution is -2.38. The summed E-state index contributed by atoms with van der Waals surface area (Å²) in [4.78, 5) is 24.2. The molecule has 0 aliphatic heterocycles. The summed E-state index contributed by atoms with van der Waals surface area (Å²) in [5.74, 6) is 0.0909. The van der Waals surface area contributed by atoms with Gasteiger partial charge in [0.15, 0.2) is 0 Å². The minimum atomic E-state index is -0.702. The Kier molecular flexibility index (Phi) is 30.2. The second-order valence-electron chi connectivity index (χ2n) is 30.4. The Morgan fingerprint density at radius 2 is 0.417 bits per heavy atom. The lowest BCUT2D eigenvalue weighted by molar-refractivity contribution is -0.134. The summed E-state index contributed by atoms with van der Waals surface area (Å²) < 4.78 is 12.6. The molecule has 0 radical (unpaired) electrons. The Morgan fingerprint density at radius 3 is 0.591 bits per heavy atom. The van der Waals surface area contributed by atoms with Crippen LogP contribution in [0.5, 0.6) is 28.7 Å². The maximum atomic E-state index is 12.1. The van der Waals surface area contributed by atoms with Crippen LogP contribution in [0.25, 0.3) is 0 Å². The fourth-order valence-corrected chi connectivity index (χ4v) is 13.5. The number of aromatic nitrogens is 7. The molecule has 2 amide bonds. The highest BCUT2D eigenvalue weighted by Crippen LogP contribution is 2.29. The Balaban J connectivity index is 0.000000191. The standard InChI is InChI=1S/C16H22N4O2.3C16H20N2O.2C15H18N2O/c1-9-7-11(3)19(13(9)5)17-15(21)16(22)18-20-12(4)8-10(2)14(20)6;3*1-10-6-12(3)16(19)15(7-10)9-17-18-13(4)8-11(2)14(18)5;2*1-10-7-11(2)15(18)14(8-10)9-16-17-12(3)5-6-13(17)4/h7-8H,1-6H3,(H,17,21)(H,18,22);3*6-9,19H,1-5H3;2*5-9,18H,1-4H3/b;3*17-9+;2*16-9+. The number of rotatable bonds is 12. The molecular formula is C94H118N14O7. The molecule has 0 spiro atoms. The van der Waals surface area contributed by atoms with Gasteiger partial charge in [0.1, 0.15) is 28.7 Å². The largest absolute Gasteiger partial charge is 0.507 e. The van der Waals surface area contributed by atoms with E-state index in [0.717, 1.165) is 174 Å². The molecule has 0 saturated heterocycles. The van der Waals surface area contributed by atoms with Crippen molar-refractivity contribution in [2.45, 2.75) is 201 Å². The van der Waals surface area contributed by atoms with Gasteiger partial charge in [0, 0.05) is 108 Å². The molecule has 0 fully saturated rings. The predicted octanol–water partition coefficient (Wildman–Crippen LogP) is 19.5. The summed E-state index contributed by atoms with van der Waals surface area (Å²) in [6, 6.07) is 37.8. The molecule has 115 heavy (non-hydrogen) atoms. The first kappa shape index (κ1) is 89.6. The first-order valence-electron chi connectivity index (χ1n) is 38.3. The SMILES string of the molecule is Cc1cc(C)c(O)c(/C=N/n2c(C)cc(C)c2C)c1.Cc1cc(C)c(O)c(/C=N/n2c(C)cc(C)c2C)c1.Cc1cc(C)c(O)c(/C=N/n2c(C)cc(C)c2C)c1.Cc1cc(C)c(O)c(/C=N/n2c(C)ccc2C)c1.Cc1cc(C)c(O)c(/C=N/n2c(C)ccc2C)c1.Cc1cc(C)n(NC(=O)C(=O)Nn2c(C)cc(C)c2C)c1C. The number of aryl methyl sites for hydroxylation is 24. The van der Waals surface area contributed by atoms with Gasteiger partial charge in [0.25, 0.3) is 0 Å². The van der Waals surface area contributed by atoms with Crippen LogP contribution < -0.4 is 10.9 Å². The number of hydrogen-bond acceptors (Lipinski definition) is 12. The van der Waals surface area contributed by atoms with Crippen LogP contribution in [-0.2, 0) is 9.59 Å². The van der Waals surface area contributed by atoms with Crippen molar-refractivity contribution in [1.29, 1.82) is 0 Å². The molecule has 7 heterocycles. The predicted molar refractivity (Wildman–Crippen MR) is 473 cm³/mol. The summed E-state index contributed by atoms with van der Waals surface area (Å²) in [6.45, 7) is 57.5. The molecule has 0 saturated carbocycles. The Morgan fingerprint density at radius 1 is 0.235 bits per heavy atom. The van der Waals surface area contributed by atoms with Crippen molar-refractivity contribution >= 4 is 42.9 Å². The van der Waals surface area contributed by atoms with Gasteiger partial charge in [0.05, 0.1) is 31.1 Å². The molecule has 7 N–H and O–H groups in total. The van der Waals surface area contributed by atoms with E-state index in [-0.39, 0.29) is 0 Å². The third kappa shape index (κ3) is 22.6. The first-order valence-corrected chi connectivity index (χ1v) is 38.3. The van der Waals surface area contributed by atoms with Gasteiger partial charge < -0.3 is 25.5 Å². The van der Waals surface area contributed by atoms with Gasteiger partial charge in [-0.25, -0.2) is 23.4 Å². The van der Waals surface area contributed by atoms with Crippen LogP contribution in [0.3, 0.4) is 0 Å². The summed E-state index contributed by atoms with van der Waals surface area (Å²) in [5, 5.41) is 72.3. The topological polar surface area (TPSA) is 256 Å². The van der Waals surface area contributed by atoms with E-state index in [4.69, 9.17) is 0 Å². The zero-order valence-electron chi connectivity index (χ0n) is 72.8. The zero-order chi connectivity index (χ0) is 85.6. The summed E-state index contributed by atoms with van der Waals surface area (Å²) in [7, 11) is 0. The molecule has 0 unspecified atom stereocenters. The highest BCUT2D eigenvalue weighted by atomic mass is 16.3. The van der Waals surface area contributed by atoms with Crippen molar-refractivity contribution < 1.29 is 35.1 Å². The fraction of sp³-hybridized carbons (Fsp3) is 0.309. The van der Waals surface area contributed by atoms with Crippen LogP contribution in [-0.4, -0.2) is 101 Å². The van der Waals surface area contributed by atoms with Crippen molar-refractivity contribution in [3.63, 3.8) is 0 Å². The maximum absolute atomic E-state index is 12.1. The molecule has 21 nitrogen and oxygen atoms in total. The number of aromatic hydroxyl groups is 5. The number of benzene rings is 5. The van der Waals surface area contributed by atoms with E-state index in [2.05, 4.69) is 75.3 Å². The van der Waals surface area contributed by atoms with E-state index in [9.17, 15) is 35.1 Å². The maximum Gasteiger partial charge on any atom is 0.329 e. The van der Waals surface area contributed by atoms with Gasteiger partial charge in [-0.15, -0.1) is 0 Å². The quantitative estimate of drug-likeness (QED) is 0.0459. The summed E-state index contributed by atoms with van der Waals surface area (Å²) in [5.41, 5.74) is 39.3. The molecule has 21 heteroatoms. The van der Waals surface area contributed by atoms with Crippen molar-refractivity contribution in [3.05, 3.63) is 306 Å². The van der Waals surface area contributed by atoms with Crippen molar-refractivity contribution in [1.82, 2.24) is 32.7 Å². The van der Waals surface area contributed by atoms with Crippen LogP contribution >= 0.6 is 0 Å². The number of carbonyl (C=O) groups is 2. The summed E-state index contributed by atoms with van der Waals surface area (Å²) >= 11 is 0. The van der Waals surface area contributed by atoms with Crippen LogP contribution in [0.4, 0.5) is 0 Å². The first-order chi connectivity index (χ1) is 53.9. The van der Waals surface area contributed by atoms with Crippen LogP contribution in [0, 0.1) is 201 Å². The Hall–Kier alpha value is -12.7. The molecule has 5 aromatic carbocycles. The highest BCUT2D eigenvalue weighted by Gasteiger charge is 2.20. The molecule has 0 bridgehead atoms. The second kappa shape index (κ2) is 38.7. The minimum Gasteiger partial charge on any atom is -0.507 e. The summed E-state index contributed by atoms with van der Waals surface area (Å²) in [6.07, 6.45) is 8.56. The van der Waals surface area contributed by atoms with E-state index >= 15 is 0 Å². The monoisotopic (exact) mass is 1550 g/mol. The molecule has 0 aliphatic carbocycles. The number of phenolic OH excluding ortho intramolecular Hbond substituents is 5. The van der Waals surface area contributed by atoms with Gasteiger partial charge in [0.2, 0.25) is 0 Å². The minimum absolute atomic E-state index is 0.298. The second-order valence-corrected chi connectivity index (χ2v) is 30.4. The average molecular weight is 1560 g/mol. The van der Waals surface area contributed by atoms with Crippen LogP contribution in [0.15, 0.2) is 141 Å². The molecular weight excluding hydrogens is 1440 g/mol. The molecule has 7 aromatic heterocycles. The smallest absolute Gasteiger partial charge is 0.329 e. The van der Waals surface area contributed by atoms with E-state index < -0.39 is 11.8 Å². The lowest BCUT2D eigenvalue weighted by Gasteiger charge is -2.14. The number of amides is 2. The van der Waals surface area contributed by atoms with E-state index in [1.807, 2.05) is 300 Å². The Bertz CT molecular complexity index is 5230. The Labute approximate surface area is 679 Å². The van der Waals surface area contributed by atoms with Crippen molar-refractivity contribution in [2.24, 2.45) is 25.5 Å². The lowest BCUT2D eigenvalue weighted by atomic mass is 10.1. The van der Waals surface area contributed by atoms with E-state index in [1.165, 1.54) is 16.7 Å². The number of nitrogens with zero attached hydrogens (tertiary/aromatic N) is 12. The van der Waals surface area contributed by atoms with Gasteiger partial charge in [-0.2, -0.15) is 25.5 Å². The molecule has 606 valence electrons. The fourth-order valence-electron chi connectivity index (χ4n) is 13.5. The van der Waals surface area contributed by atoms with E-state index in [0.29, 0.717) is 28.7 Å². The number of carbonyl (C=O) groups excluding carboxylic acids is 2. The van der Waals surface area contributed by atoms with Crippen molar-refractivity contribution in [3.8, 4) is 28.7 Å². The third-order valence-corrected chi connectivity index (χ3v) is 20.3. The van der Waals surface area contributed by atoms with Gasteiger partial charge in [-0.3, -0.25) is 29.8 Å². The molecule has 0 atom stereocenters. The van der Waals surface area contributed by atoms with Crippen LogP contribution in [0.2, 0.25) is 0 Å². The molecule has 0 aliphatic rings. The van der Waals surface area contributed by atoms with E-state index in [1.54, 1.807) is 40.4 Å². The highest BCUT2D eigenvalue weighted by molar-refractivity contribution is 6.41. The third-order valence-electron chi connectivity index (χ3n) is 20.3. The number of hydrogen-bond donors (Lipinski definition) is 7. The van der Waals surface area contributed by atoms with Gasteiger partial charge in [-0.1, -0.05) is 30.3 Å². The van der Waals surface area contributed by atoms with Crippen LogP contribution in [0.1, 0.15) is 191 Å². The van der Waals surface area contributed by atoms with Crippen molar-refractivity contribution in [2.75, 3.05) is 10.9 Å². The van der Waals surface area contributed by atoms with Gasteiger partial charge >= 0.3 is 11.8 Å². The number of nitrogens with one attached hydrogen (secondary N) is 2. The van der Waals surface area contributed by atoms with Gasteiger partial charge in [-0.05, 0) is 369 Å².